The van der Waals surface area contributed by atoms with Gasteiger partial charge in [-0.1, -0.05) is 12.1 Å². The van der Waals surface area contributed by atoms with Crippen LogP contribution in [0, 0.1) is 16.5 Å². The van der Waals surface area contributed by atoms with Gasteiger partial charge in [0.1, 0.15) is 11.6 Å². The summed E-state index contributed by atoms with van der Waals surface area (Å²) in [5.74, 6) is 1.18. The first-order valence-corrected chi connectivity index (χ1v) is 10.7. The first-order valence-electron chi connectivity index (χ1n) is 8.49. The molecule has 1 aromatic carbocycles. The van der Waals surface area contributed by atoms with Crippen molar-refractivity contribution in [2.24, 2.45) is 13.0 Å². The molecule has 0 N–H and O–H groups in total. The molecule has 1 saturated heterocycles. The quantitative estimate of drug-likeness (QED) is 0.698. The van der Waals surface area contributed by atoms with E-state index in [1.54, 1.807) is 16.8 Å². The van der Waals surface area contributed by atoms with Gasteiger partial charge in [0.15, 0.2) is 14.6 Å². The Morgan fingerprint density at radius 1 is 1.35 bits per heavy atom. The summed E-state index contributed by atoms with van der Waals surface area (Å²) in [6.45, 7) is 1.15. The van der Waals surface area contributed by atoms with Gasteiger partial charge in [-0.25, -0.2) is 17.5 Å². The lowest BCUT2D eigenvalue weighted by atomic mass is 10.1. The Labute approximate surface area is 158 Å². The highest BCUT2D eigenvalue weighted by Crippen LogP contribution is 2.22. The average Bonchev–Trinajstić information content (AvgIpc) is 3.04. The number of hydrogen-bond acceptors (Lipinski definition) is 5. The molecular formula is C17H23FN4O2S2. The van der Waals surface area contributed by atoms with Crippen LogP contribution in [0.3, 0.4) is 0 Å². The van der Waals surface area contributed by atoms with E-state index in [1.165, 1.54) is 12.1 Å². The van der Waals surface area contributed by atoms with Crippen molar-refractivity contribution in [1.29, 1.82) is 0 Å². The largest absolute Gasteiger partial charge is 0.307 e. The van der Waals surface area contributed by atoms with Crippen LogP contribution in [0.4, 0.5) is 4.39 Å². The molecule has 0 unspecified atom stereocenters. The highest BCUT2D eigenvalue weighted by atomic mass is 32.2. The molecule has 0 aliphatic carbocycles. The zero-order valence-electron chi connectivity index (χ0n) is 14.9. The summed E-state index contributed by atoms with van der Waals surface area (Å²) in [5.41, 5.74) is 1.01. The molecule has 142 valence electrons. The Hall–Kier alpha value is -1.58. The Kier molecular flexibility index (Phi) is 5.59. The van der Waals surface area contributed by atoms with E-state index in [4.69, 9.17) is 12.2 Å². The molecule has 2 heterocycles. The molecule has 1 aliphatic heterocycles. The summed E-state index contributed by atoms with van der Waals surface area (Å²) < 4.78 is 40.5. The van der Waals surface area contributed by atoms with Crippen LogP contribution in [-0.2, 0) is 36.5 Å². The second-order valence-corrected chi connectivity index (χ2v) is 9.61. The normalized spacial score (nSPS) is 19.3. The SMILES string of the molecule is CN(Cc1ccc(F)cc1)Cn1nc(C[C@@H]2CCS(=O)(=O)C2)n(C)c1=S. The van der Waals surface area contributed by atoms with Gasteiger partial charge in [0.05, 0.1) is 18.2 Å². The standard InChI is InChI=1S/C17H23FN4O2S2/c1-20(10-13-3-5-15(18)6-4-13)12-22-17(25)21(2)16(19-22)9-14-7-8-26(23,24)11-14/h3-6,14H,7-12H2,1-2H3/t14-/m0/s1. The minimum atomic E-state index is -2.89. The van der Waals surface area contributed by atoms with Crippen molar-refractivity contribution in [3.05, 3.63) is 46.2 Å². The Morgan fingerprint density at radius 3 is 2.65 bits per heavy atom. The lowest BCUT2D eigenvalue weighted by Gasteiger charge is -2.16. The molecule has 0 radical (unpaired) electrons. The van der Waals surface area contributed by atoms with Gasteiger partial charge in [-0.2, -0.15) is 5.10 Å². The maximum absolute atomic E-state index is 13.0. The summed E-state index contributed by atoms with van der Waals surface area (Å²) in [6.07, 6.45) is 1.31. The highest BCUT2D eigenvalue weighted by Gasteiger charge is 2.29. The molecule has 1 atom stereocenters. The molecule has 1 aliphatic rings. The number of benzene rings is 1. The molecule has 1 aromatic heterocycles. The third-order valence-corrected chi connectivity index (χ3v) is 6.99. The van der Waals surface area contributed by atoms with E-state index in [2.05, 4.69) is 5.10 Å². The second-order valence-electron chi connectivity index (χ2n) is 7.01. The minimum Gasteiger partial charge on any atom is -0.307 e. The van der Waals surface area contributed by atoms with Crippen molar-refractivity contribution >= 4 is 22.1 Å². The van der Waals surface area contributed by atoms with Crippen LogP contribution in [0.15, 0.2) is 24.3 Å². The molecule has 3 rings (SSSR count). The van der Waals surface area contributed by atoms with Crippen molar-refractivity contribution in [2.45, 2.75) is 26.1 Å². The zero-order chi connectivity index (χ0) is 18.9. The van der Waals surface area contributed by atoms with Crippen LogP contribution in [0.25, 0.3) is 0 Å². The third-order valence-electron chi connectivity index (χ3n) is 4.67. The van der Waals surface area contributed by atoms with Gasteiger partial charge < -0.3 is 4.57 Å². The number of halogens is 1. The van der Waals surface area contributed by atoms with Gasteiger partial charge in [0.25, 0.3) is 0 Å². The van der Waals surface area contributed by atoms with E-state index in [9.17, 15) is 12.8 Å². The van der Waals surface area contributed by atoms with Gasteiger partial charge in [-0.05, 0) is 49.3 Å². The summed E-state index contributed by atoms with van der Waals surface area (Å²) in [4.78, 5) is 2.04. The van der Waals surface area contributed by atoms with Crippen LogP contribution in [-0.4, -0.2) is 46.2 Å². The number of nitrogens with zero attached hydrogens (tertiary/aromatic N) is 4. The number of hydrogen-bond donors (Lipinski definition) is 0. The molecule has 9 heteroatoms. The van der Waals surface area contributed by atoms with E-state index in [0.717, 1.165) is 11.4 Å². The second kappa shape index (κ2) is 7.58. The fourth-order valence-electron chi connectivity index (χ4n) is 3.27. The molecule has 2 aromatic rings. The molecule has 6 nitrogen and oxygen atoms in total. The van der Waals surface area contributed by atoms with Crippen LogP contribution in [0.1, 0.15) is 17.8 Å². The van der Waals surface area contributed by atoms with Crippen molar-refractivity contribution < 1.29 is 12.8 Å². The summed E-state index contributed by atoms with van der Waals surface area (Å²) in [6, 6.07) is 6.41. The van der Waals surface area contributed by atoms with Crippen molar-refractivity contribution in [3.63, 3.8) is 0 Å². The number of aromatic nitrogens is 3. The maximum Gasteiger partial charge on any atom is 0.198 e. The third kappa shape index (κ3) is 4.57. The monoisotopic (exact) mass is 398 g/mol. The molecule has 0 amide bonds. The first-order chi connectivity index (χ1) is 12.2. The maximum atomic E-state index is 13.0. The fourth-order valence-corrected chi connectivity index (χ4v) is 5.34. The van der Waals surface area contributed by atoms with Crippen LogP contribution >= 0.6 is 12.2 Å². The Bertz CT molecular complexity index is 935. The molecule has 0 saturated carbocycles. The van der Waals surface area contributed by atoms with Crippen LogP contribution in [0.2, 0.25) is 0 Å². The molecule has 1 fully saturated rings. The van der Waals surface area contributed by atoms with Gasteiger partial charge >= 0.3 is 0 Å². The lowest BCUT2D eigenvalue weighted by molar-refractivity contribution is 0.243. The molecular weight excluding hydrogens is 375 g/mol. The lowest BCUT2D eigenvalue weighted by Crippen LogP contribution is -2.22. The predicted octanol–water partition coefficient (Wildman–Crippen LogP) is 2.16. The van der Waals surface area contributed by atoms with Crippen molar-refractivity contribution in [3.8, 4) is 0 Å². The van der Waals surface area contributed by atoms with E-state index < -0.39 is 9.84 Å². The van der Waals surface area contributed by atoms with Gasteiger partial charge in [0.2, 0.25) is 0 Å². The number of rotatable bonds is 6. The van der Waals surface area contributed by atoms with E-state index in [1.807, 2.05) is 23.6 Å². The average molecular weight is 399 g/mol. The van der Waals surface area contributed by atoms with Crippen molar-refractivity contribution in [1.82, 2.24) is 19.2 Å². The Morgan fingerprint density at radius 2 is 2.04 bits per heavy atom. The zero-order valence-corrected chi connectivity index (χ0v) is 16.6. The topological polar surface area (TPSA) is 60.1 Å². The predicted molar refractivity (Wildman–Crippen MR) is 100 cm³/mol. The van der Waals surface area contributed by atoms with Crippen molar-refractivity contribution in [2.75, 3.05) is 18.6 Å². The highest BCUT2D eigenvalue weighted by molar-refractivity contribution is 7.91. The Balaban J connectivity index is 1.67. The van der Waals surface area contributed by atoms with Crippen LogP contribution < -0.4 is 0 Å². The van der Waals surface area contributed by atoms with Gasteiger partial charge in [-0.3, -0.25) is 4.90 Å². The first kappa shape index (κ1) is 19.2. The number of sulfone groups is 1. The van der Waals surface area contributed by atoms with E-state index in [0.29, 0.717) is 30.8 Å². The fraction of sp³-hybridized carbons (Fsp3) is 0.529. The van der Waals surface area contributed by atoms with Gasteiger partial charge in [0, 0.05) is 20.0 Å². The molecule has 0 spiro atoms. The summed E-state index contributed by atoms with van der Waals surface area (Å²) >= 11 is 5.47. The molecule has 0 bridgehead atoms. The summed E-state index contributed by atoms with van der Waals surface area (Å²) in [7, 11) is 0.920. The van der Waals surface area contributed by atoms with E-state index >= 15 is 0 Å². The molecule has 26 heavy (non-hydrogen) atoms. The smallest absolute Gasteiger partial charge is 0.198 e. The summed E-state index contributed by atoms with van der Waals surface area (Å²) in [5, 5.41) is 4.60. The minimum absolute atomic E-state index is 0.112. The van der Waals surface area contributed by atoms with Gasteiger partial charge in [-0.15, -0.1) is 0 Å². The van der Waals surface area contributed by atoms with E-state index in [-0.39, 0.29) is 23.2 Å². The van der Waals surface area contributed by atoms with Crippen LogP contribution in [0.5, 0.6) is 0 Å².